The van der Waals surface area contributed by atoms with Crippen molar-refractivity contribution in [3.8, 4) is 0 Å². The number of allylic oxidation sites excluding steroid dienone is 4. The van der Waals surface area contributed by atoms with Gasteiger partial charge in [0.25, 0.3) is 0 Å². The first kappa shape index (κ1) is 65.7. The van der Waals surface area contributed by atoms with Crippen molar-refractivity contribution in [2.24, 2.45) is 0 Å². The molecule has 0 atom stereocenters. The van der Waals surface area contributed by atoms with E-state index in [1.165, 1.54) is 201 Å². The van der Waals surface area contributed by atoms with E-state index in [9.17, 15) is 5.53 Å². The zero-order chi connectivity index (χ0) is 49.3. The first-order valence-electron chi connectivity index (χ1n) is 29.1. The Morgan fingerprint density at radius 1 is 0.382 bits per heavy atom. The molecule has 1 aliphatic heterocycles. The van der Waals surface area contributed by atoms with Crippen LogP contribution >= 0.6 is 0 Å². The summed E-state index contributed by atoms with van der Waals surface area (Å²) in [6, 6.07) is 9.90. The van der Waals surface area contributed by atoms with Gasteiger partial charge in [-0.3, -0.25) is 12.2 Å². The number of hydrogen-bond acceptors (Lipinski definition) is 0. The van der Waals surface area contributed by atoms with E-state index >= 15 is 0 Å². The van der Waals surface area contributed by atoms with E-state index in [2.05, 4.69) is 92.7 Å². The number of nitrogens with zero attached hydrogens (tertiary/aromatic N) is 2. The van der Waals surface area contributed by atoms with Crippen molar-refractivity contribution in [2.45, 2.75) is 293 Å². The van der Waals surface area contributed by atoms with Gasteiger partial charge in [-0.15, -0.1) is 0 Å². The van der Waals surface area contributed by atoms with Gasteiger partial charge in [0.1, 0.15) is 0 Å². The van der Waals surface area contributed by atoms with Gasteiger partial charge < -0.3 is 18.7 Å². The van der Waals surface area contributed by atoms with Crippen LogP contribution in [0.4, 0.5) is 0 Å². The Labute approximate surface area is 438 Å². The van der Waals surface area contributed by atoms with Crippen molar-refractivity contribution in [2.75, 3.05) is 0 Å². The zero-order valence-corrected chi connectivity index (χ0v) is 47.9. The molecular weight excluding hydrogens is 915 g/mol. The van der Waals surface area contributed by atoms with Gasteiger partial charge in [-0.2, -0.15) is 0 Å². The number of unbranched alkanes of at least 4 members (excludes halogenated alkanes) is 20. The second kappa shape index (κ2) is 44.6. The molecule has 388 valence electrons. The van der Waals surface area contributed by atoms with Gasteiger partial charge in [0.15, 0.2) is 0 Å². The standard InChI is InChI=1S/C47H74N2.2C9H17.Pd/c1-8-15-22-28-39-34-43(35-40(29-23-16-9-2)45(39)31-24-17-10-3)47-41(27-20-13-6)36-46(49(47)48)42-32-37(25-18-11-4)44(30-21-14-7)38(33-42)26-19-12-5;2*1-3-5-7-9-8-6-4-2;/h32-36H,8-31H2,1-7H3;2*1,3H,4-9H2,2H3;/q;2*-1;+2. The third kappa shape index (κ3) is 26.8. The molecule has 0 fully saturated rings. The minimum absolute atomic E-state index is 0. The molecule has 2 aromatic carbocycles. The van der Waals surface area contributed by atoms with Crippen LogP contribution in [0.15, 0.2) is 48.1 Å². The molecule has 0 aromatic heterocycles. The third-order valence-electron chi connectivity index (χ3n) is 13.8. The molecule has 2 nitrogen and oxygen atoms in total. The molecule has 0 saturated heterocycles. The summed E-state index contributed by atoms with van der Waals surface area (Å²) in [6.07, 6.45) is 50.4. The van der Waals surface area contributed by atoms with Crippen LogP contribution in [0.2, 0.25) is 0 Å². The van der Waals surface area contributed by atoms with Crippen LogP contribution in [0.1, 0.15) is 299 Å². The molecule has 0 saturated carbocycles. The van der Waals surface area contributed by atoms with Crippen LogP contribution in [-0.2, 0) is 58.9 Å². The van der Waals surface area contributed by atoms with Gasteiger partial charge >= 0.3 is 20.4 Å². The Bertz CT molecular complexity index is 1580. The van der Waals surface area contributed by atoms with Gasteiger partial charge in [0.05, 0.1) is 0 Å². The summed E-state index contributed by atoms with van der Waals surface area (Å²) >= 11 is 0. The number of benzene rings is 2. The molecule has 1 heterocycles. The molecule has 0 amide bonds. The van der Waals surface area contributed by atoms with Crippen LogP contribution in [0.3, 0.4) is 0 Å². The first-order chi connectivity index (χ1) is 32.8. The Kier molecular flexibility index (Phi) is 43.1. The fourth-order valence-corrected chi connectivity index (χ4v) is 9.54. The molecule has 0 spiro atoms. The summed E-state index contributed by atoms with van der Waals surface area (Å²) in [6.45, 7) is 31.0. The second-order valence-electron chi connectivity index (χ2n) is 19.9. The van der Waals surface area contributed by atoms with Gasteiger partial charge in [-0.1, -0.05) is 204 Å². The van der Waals surface area contributed by atoms with Crippen LogP contribution in [0.5, 0.6) is 0 Å². The fraction of sp³-hybridized carbons (Fsp3) is 0.692. The van der Waals surface area contributed by atoms with Crippen molar-refractivity contribution < 1.29 is 25.1 Å². The summed E-state index contributed by atoms with van der Waals surface area (Å²) in [5, 5.41) is 0. The van der Waals surface area contributed by atoms with Crippen LogP contribution < -0.4 is 0 Å². The smallest absolute Gasteiger partial charge is 0.518 e. The molecule has 2 aromatic rings. The van der Waals surface area contributed by atoms with E-state index in [4.69, 9.17) is 13.2 Å². The van der Waals surface area contributed by atoms with Crippen LogP contribution in [0, 0.1) is 13.2 Å². The Morgan fingerprint density at radius 3 is 1.09 bits per heavy atom. The molecule has 0 N–H and O–H groups in total. The Hall–Kier alpha value is -2.34. The maximum Gasteiger partial charge on any atom is 2.00 e. The minimum atomic E-state index is 0. The summed E-state index contributed by atoms with van der Waals surface area (Å²) in [7, 11) is 0. The monoisotopic (exact) mass is 1020 g/mol. The van der Waals surface area contributed by atoms with E-state index in [0.717, 1.165) is 69.2 Å². The molecule has 3 rings (SSSR count). The largest absolute Gasteiger partial charge is 2.00 e. The predicted molar refractivity (Wildman–Crippen MR) is 301 cm³/mol. The van der Waals surface area contributed by atoms with E-state index in [1.54, 1.807) is 39.1 Å². The van der Waals surface area contributed by atoms with Crippen LogP contribution in [-0.4, -0.2) is 4.70 Å². The number of rotatable bonds is 38. The quantitative estimate of drug-likeness (QED) is 0.0277. The van der Waals surface area contributed by atoms with Crippen molar-refractivity contribution in [3.05, 3.63) is 111 Å². The van der Waals surface area contributed by atoms with Crippen LogP contribution in [0.25, 0.3) is 16.9 Å². The maximum atomic E-state index is 12.3. The first-order valence-corrected chi connectivity index (χ1v) is 29.1. The number of aryl methyl sites for hydroxylation is 4. The Balaban J connectivity index is 0.00000198. The van der Waals surface area contributed by atoms with Crippen molar-refractivity contribution in [3.63, 3.8) is 0 Å². The fourth-order valence-electron chi connectivity index (χ4n) is 9.54. The van der Waals surface area contributed by atoms with Gasteiger partial charge in [0, 0.05) is 22.8 Å². The maximum absolute atomic E-state index is 12.3. The normalized spacial score (nSPS) is 12.0. The van der Waals surface area contributed by atoms with Crippen molar-refractivity contribution >= 4 is 11.4 Å². The minimum Gasteiger partial charge on any atom is -0.518 e. The molecule has 0 aliphatic carbocycles. The van der Waals surface area contributed by atoms with Gasteiger partial charge in [-0.25, -0.2) is 4.70 Å². The molecule has 0 radical (unpaired) electrons. The van der Waals surface area contributed by atoms with Gasteiger partial charge in [-0.05, 0) is 148 Å². The zero-order valence-electron chi connectivity index (χ0n) is 46.4. The molecule has 68 heavy (non-hydrogen) atoms. The van der Waals surface area contributed by atoms with E-state index < -0.39 is 0 Å². The molecule has 3 heteroatoms. The van der Waals surface area contributed by atoms with E-state index in [1.807, 2.05) is 0 Å². The average molecular weight is 1020 g/mol. The summed E-state index contributed by atoms with van der Waals surface area (Å²) < 4.78 is 1.61. The molecular formula is C65H108N2Pd. The third-order valence-corrected chi connectivity index (χ3v) is 13.8. The van der Waals surface area contributed by atoms with Crippen molar-refractivity contribution in [1.82, 2.24) is 0 Å². The van der Waals surface area contributed by atoms with E-state index in [-0.39, 0.29) is 20.4 Å². The summed E-state index contributed by atoms with van der Waals surface area (Å²) in [4.78, 5) is 0. The van der Waals surface area contributed by atoms with E-state index in [0.29, 0.717) is 0 Å². The SMILES string of the molecule is CCCCCc1cc(C2=C(CCCC)C=C(c3cc(CCCC)c(CCCC)c(CCCC)c3)[N+]2=[N-])cc(CCCCC)c1CCCCC.[CH-]=CCCCCCCC.[CH-]=CCCCCCCC.[Pd+2]. The molecule has 1 aliphatic rings. The van der Waals surface area contributed by atoms with Gasteiger partial charge in [0.2, 0.25) is 11.4 Å². The number of hydrogen-bond donors (Lipinski definition) is 0. The average Bonchev–Trinajstić information content (AvgIpc) is 3.67. The predicted octanol–water partition coefficient (Wildman–Crippen LogP) is 21.6. The Morgan fingerprint density at radius 2 is 0.691 bits per heavy atom. The van der Waals surface area contributed by atoms with Crippen molar-refractivity contribution in [1.29, 1.82) is 0 Å². The second-order valence-corrected chi connectivity index (χ2v) is 19.9. The summed E-state index contributed by atoms with van der Waals surface area (Å²) in [5.74, 6) is 0. The molecule has 0 unspecified atom stereocenters. The summed E-state index contributed by atoms with van der Waals surface area (Å²) in [5.41, 5.74) is 27.4. The molecule has 0 bridgehead atoms. The topological polar surface area (TPSA) is 25.3 Å².